The summed E-state index contributed by atoms with van der Waals surface area (Å²) in [5, 5.41) is 8.24. The number of aryl methyl sites for hydroxylation is 1. The van der Waals surface area contributed by atoms with Gasteiger partial charge in [0.05, 0.1) is 6.26 Å². The van der Waals surface area contributed by atoms with Crippen molar-refractivity contribution in [3.8, 4) is 0 Å². The number of halogens is 4. The molecule has 0 bridgehead atoms. The molecule has 10 aromatic rings. The molecule has 14 rings (SSSR count). The molecule has 6 aromatic heterocycles. The highest BCUT2D eigenvalue weighted by Crippen LogP contribution is 2.38. The minimum Gasteiger partial charge on any atom is -0.361 e. The summed E-state index contributed by atoms with van der Waals surface area (Å²) in [4.78, 5) is 43.3. The Balaban J connectivity index is 0.000000118. The Hall–Kier alpha value is -8.04. The third kappa shape index (κ3) is 13.9. The monoisotopic (exact) mass is 1180 g/mol. The summed E-state index contributed by atoms with van der Waals surface area (Å²) in [5.41, 5.74) is 8.39. The summed E-state index contributed by atoms with van der Waals surface area (Å²) in [7, 11) is -3.11. The van der Waals surface area contributed by atoms with Crippen LogP contribution >= 0.6 is 0 Å². The third-order valence-corrected chi connectivity index (χ3v) is 18.7. The molecule has 10 heterocycles. The number of anilines is 2. The molecule has 16 nitrogen and oxygen atoms in total. The van der Waals surface area contributed by atoms with Crippen LogP contribution in [0.25, 0.3) is 43.6 Å². The van der Waals surface area contributed by atoms with Crippen molar-refractivity contribution in [1.29, 1.82) is 0 Å². The van der Waals surface area contributed by atoms with Crippen LogP contribution in [0.4, 0.5) is 29.5 Å². The minimum atomic E-state index is -3.11. The first-order chi connectivity index (χ1) is 41.1. The van der Waals surface area contributed by atoms with E-state index in [1.54, 1.807) is 41.8 Å². The van der Waals surface area contributed by atoms with E-state index in [0.717, 1.165) is 153 Å². The number of hydrogen-bond donors (Lipinski definition) is 4. The highest BCUT2D eigenvalue weighted by Gasteiger charge is 2.29. The van der Waals surface area contributed by atoms with Gasteiger partial charge in [-0.2, -0.15) is 4.98 Å². The first kappa shape index (κ1) is 58.7. The van der Waals surface area contributed by atoms with E-state index in [-0.39, 0.29) is 29.2 Å². The number of likely N-dealkylation sites (tertiary alicyclic amines) is 1. The van der Waals surface area contributed by atoms with Crippen molar-refractivity contribution in [2.45, 2.75) is 102 Å². The molecule has 4 aliphatic heterocycles. The number of nitrogens with zero attached hydrogens (tertiary/aromatic N) is 8. The average Bonchev–Trinajstić information content (AvgIpc) is 3.74. The molecule has 0 aliphatic carbocycles. The van der Waals surface area contributed by atoms with Crippen molar-refractivity contribution in [2.24, 2.45) is 0 Å². The number of amides is 1. The van der Waals surface area contributed by atoms with Crippen LogP contribution in [0.5, 0.6) is 0 Å². The van der Waals surface area contributed by atoms with Crippen LogP contribution in [0, 0.1) is 30.2 Å². The van der Waals surface area contributed by atoms with Gasteiger partial charge in [0.2, 0.25) is 21.9 Å². The van der Waals surface area contributed by atoms with Gasteiger partial charge in [0, 0.05) is 140 Å². The fourth-order valence-electron chi connectivity index (χ4n) is 12.9. The molecule has 1 amide bonds. The van der Waals surface area contributed by atoms with E-state index in [2.05, 4.69) is 49.8 Å². The van der Waals surface area contributed by atoms with Gasteiger partial charge >= 0.3 is 6.01 Å². The third-order valence-electron chi connectivity index (χ3n) is 17.4. The van der Waals surface area contributed by atoms with Crippen molar-refractivity contribution in [1.82, 2.24) is 49.2 Å². The Labute approximate surface area is 491 Å². The Kier molecular flexibility index (Phi) is 18.0. The number of piperidine rings is 2. The Morgan fingerprint density at radius 3 is 1.32 bits per heavy atom. The number of aromatic nitrogens is 8. The van der Waals surface area contributed by atoms with Crippen molar-refractivity contribution in [3.05, 3.63) is 167 Å². The van der Waals surface area contributed by atoms with E-state index >= 15 is 0 Å². The van der Waals surface area contributed by atoms with Gasteiger partial charge in [-0.15, -0.1) is 0 Å². The summed E-state index contributed by atoms with van der Waals surface area (Å²) in [5.74, 6) is 2.49. The van der Waals surface area contributed by atoms with E-state index in [1.165, 1.54) is 64.9 Å². The van der Waals surface area contributed by atoms with Gasteiger partial charge in [-0.25, -0.2) is 40.3 Å². The summed E-state index contributed by atoms with van der Waals surface area (Å²) in [6.45, 7) is 9.94. The smallest absolute Gasteiger partial charge is 0.324 e. The van der Waals surface area contributed by atoms with Crippen LogP contribution in [0.3, 0.4) is 0 Å². The molecule has 2 atom stereocenters. The molecule has 0 spiro atoms. The molecule has 4 N–H and O–H groups in total. The SMILES string of the molecule is CC(=O)N1CCCC(c2c[nH]c3cc(F)ccc23)CC1.CS(=O)(=O)N1CCCC(c2c[nH]c3cc(F)ccc23)CC1.Cc1noc(N2CCC(c3c[nH]c4cc(F)ccc34)CC2)n1.Fc1ccc2c(C3CCN(c4ncccn4)CC3)c[nH]c2c1. The molecule has 4 aromatic carbocycles. The van der Waals surface area contributed by atoms with Crippen LogP contribution in [0.15, 0.2) is 121 Å². The quantitative estimate of drug-likeness (QED) is 0.112. The van der Waals surface area contributed by atoms with Gasteiger partial charge in [-0.05, 0) is 196 Å². The number of benzene rings is 4. The van der Waals surface area contributed by atoms with Crippen LogP contribution < -0.4 is 9.80 Å². The van der Waals surface area contributed by atoms with Gasteiger partial charge in [0.15, 0.2) is 5.82 Å². The van der Waals surface area contributed by atoms with Crippen LogP contribution in [0.1, 0.15) is 123 Å². The van der Waals surface area contributed by atoms with Gasteiger partial charge in [-0.3, -0.25) is 4.79 Å². The lowest BCUT2D eigenvalue weighted by Gasteiger charge is -2.31. The summed E-state index contributed by atoms with van der Waals surface area (Å²) >= 11 is 0. The molecule has 4 aliphatic rings. The van der Waals surface area contributed by atoms with E-state index in [9.17, 15) is 30.8 Å². The lowest BCUT2D eigenvalue weighted by Crippen LogP contribution is -2.34. The number of hydrogen-bond acceptors (Lipinski definition) is 10. The maximum atomic E-state index is 13.3. The number of carbonyl (C=O) groups is 1. The number of carbonyl (C=O) groups excluding carboxylic acids is 1. The summed E-state index contributed by atoms with van der Waals surface area (Å²) in [6, 6.07) is 22.0. The van der Waals surface area contributed by atoms with E-state index in [1.807, 2.05) is 60.9 Å². The zero-order valence-corrected chi connectivity index (χ0v) is 49.0. The summed E-state index contributed by atoms with van der Waals surface area (Å²) in [6.07, 6.45) is 22.7. The maximum absolute atomic E-state index is 13.3. The topological polar surface area (TPSA) is 192 Å². The van der Waals surface area contributed by atoms with Crippen molar-refractivity contribution in [3.63, 3.8) is 0 Å². The van der Waals surface area contributed by atoms with Crippen molar-refractivity contribution >= 4 is 71.5 Å². The van der Waals surface area contributed by atoms with Gasteiger partial charge in [0.25, 0.3) is 0 Å². The predicted octanol–water partition coefficient (Wildman–Crippen LogP) is 13.1. The minimum absolute atomic E-state index is 0.159. The number of nitrogens with one attached hydrogen (secondary N) is 4. The first-order valence-electron chi connectivity index (χ1n) is 29.5. The molecule has 0 radical (unpaired) electrons. The molecular formula is C64H72F4N12O4S. The molecule has 85 heavy (non-hydrogen) atoms. The van der Waals surface area contributed by atoms with E-state index in [4.69, 9.17) is 4.52 Å². The largest absolute Gasteiger partial charge is 0.361 e. The normalized spacial score (nSPS) is 18.6. The zero-order valence-electron chi connectivity index (χ0n) is 48.1. The average molecular weight is 1180 g/mol. The molecule has 4 fully saturated rings. The van der Waals surface area contributed by atoms with E-state index in [0.29, 0.717) is 48.6 Å². The standard InChI is InChI=1S/C17H17FN4.C16H17FN4O.C16H19FN2O.C15H19FN2O2S/c18-13-2-3-14-15(11-21-16(14)10-13)12-4-8-22(9-5-12)17-19-6-1-7-20-17;1-10-19-16(22-20-10)21-6-4-11(5-7-21)14-9-18-15-8-12(17)2-3-13(14)15;1-11(20)19-7-2-3-12(6-8-19)15-10-18-16-9-13(17)4-5-14(15)16;1-21(19,20)18-7-2-3-11(6-8-18)14-10-17-15-9-12(16)4-5-13(14)15/h1-3,6-7,10-12,21H,4-5,8-9H2;2-3,8-9,11,18H,4-7H2,1H3;4-5,9-10,12,18H,2-3,6-8H2,1H3;4-5,9-11,17H,2-3,6-8H2,1H3. The molecule has 0 saturated carbocycles. The van der Waals surface area contributed by atoms with Crippen LogP contribution in [-0.4, -0.2) is 122 Å². The number of H-pyrrole nitrogens is 4. The second kappa shape index (κ2) is 26.1. The highest BCUT2D eigenvalue weighted by molar-refractivity contribution is 7.88. The lowest BCUT2D eigenvalue weighted by atomic mass is 9.89. The molecule has 4 saturated heterocycles. The van der Waals surface area contributed by atoms with Gasteiger partial charge in [0.1, 0.15) is 23.3 Å². The number of rotatable bonds is 7. The van der Waals surface area contributed by atoms with Crippen molar-refractivity contribution in [2.75, 3.05) is 68.4 Å². The fourth-order valence-corrected chi connectivity index (χ4v) is 13.8. The Bertz CT molecular complexity index is 4000. The lowest BCUT2D eigenvalue weighted by molar-refractivity contribution is -0.128. The number of fused-ring (bicyclic) bond motifs is 4. The maximum Gasteiger partial charge on any atom is 0.324 e. The Morgan fingerprint density at radius 2 is 0.918 bits per heavy atom. The second-order valence-corrected chi connectivity index (χ2v) is 24.8. The zero-order chi connectivity index (χ0) is 59.2. The highest BCUT2D eigenvalue weighted by atomic mass is 32.2. The fraction of sp³-hybridized carbons (Fsp3) is 0.391. The Morgan fingerprint density at radius 1 is 0.529 bits per heavy atom. The predicted molar refractivity (Wildman–Crippen MR) is 324 cm³/mol. The summed E-state index contributed by atoms with van der Waals surface area (Å²) < 4.78 is 83.1. The van der Waals surface area contributed by atoms with Crippen LogP contribution in [0.2, 0.25) is 0 Å². The molecule has 446 valence electrons. The molecule has 2 unspecified atom stereocenters. The van der Waals surface area contributed by atoms with Gasteiger partial charge < -0.3 is 39.2 Å². The molecular weight excluding hydrogens is 1110 g/mol. The number of aromatic amines is 4. The van der Waals surface area contributed by atoms with Crippen molar-refractivity contribution < 1.29 is 35.3 Å². The van der Waals surface area contributed by atoms with E-state index < -0.39 is 10.0 Å². The number of sulfonamides is 1. The first-order valence-corrected chi connectivity index (χ1v) is 31.3. The second-order valence-electron chi connectivity index (χ2n) is 22.9. The van der Waals surface area contributed by atoms with Crippen LogP contribution in [-0.2, 0) is 14.8 Å². The van der Waals surface area contributed by atoms with Gasteiger partial charge in [-0.1, -0.05) is 5.16 Å². The molecule has 21 heteroatoms.